The molecule has 2 aromatic rings. The topological polar surface area (TPSA) is 42.0 Å². The van der Waals surface area contributed by atoms with Gasteiger partial charge in [-0.3, -0.25) is 9.78 Å². The second-order valence-electron chi connectivity index (χ2n) is 5.70. The number of carbonyl (C=O) groups is 1. The molecule has 1 aliphatic rings. The quantitative estimate of drug-likeness (QED) is 0.877. The van der Waals surface area contributed by atoms with Crippen LogP contribution in [-0.4, -0.2) is 22.8 Å². The normalized spacial score (nSPS) is 22.1. The lowest BCUT2D eigenvalue weighted by molar-refractivity contribution is 0.0945. The standard InChI is InChI=1S/C17H19ClN2O/c18-13-8-6-12(7-9-13)11-20-17(21)15-3-1-5-16-14(15)4-2-10-19-16/h1-5,10,12-13H,6-9,11H2,(H,20,21). The van der Waals surface area contributed by atoms with Crippen molar-refractivity contribution in [2.24, 2.45) is 5.92 Å². The van der Waals surface area contributed by atoms with E-state index in [4.69, 9.17) is 11.6 Å². The molecule has 1 fully saturated rings. The van der Waals surface area contributed by atoms with E-state index in [-0.39, 0.29) is 5.91 Å². The minimum atomic E-state index is -0.0124. The molecule has 4 heteroatoms. The maximum absolute atomic E-state index is 12.4. The molecule has 3 rings (SSSR count). The van der Waals surface area contributed by atoms with Crippen molar-refractivity contribution in [3.05, 3.63) is 42.1 Å². The van der Waals surface area contributed by atoms with Crippen LogP contribution in [0.2, 0.25) is 0 Å². The van der Waals surface area contributed by atoms with E-state index in [0.717, 1.165) is 43.1 Å². The average molecular weight is 303 g/mol. The third-order valence-corrected chi connectivity index (χ3v) is 4.65. The number of hydrogen-bond donors (Lipinski definition) is 1. The second kappa shape index (κ2) is 6.44. The highest BCUT2D eigenvalue weighted by atomic mass is 35.5. The molecule has 1 saturated carbocycles. The maximum Gasteiger partial charge on any atom is 0.251 e. The van der Waals surface area contributed by atoms with Gasteiger partial charge in [0.25, 0.3) is 5.91 Å². The Kier molecular flexibility index (Phi) is 4.39. The number of aromatic nitrogens is 1. The van der Waals surface area contributed by atoms with Crippen LogP contribution in [0, 0.1) is 5.92 Å². The molecule has 0 spiro atoms. The first-order valence-corrected chi connectivity index (χ1v) is 7.93. The summed E-state index contributed by atoms with van der Waals surface area (Å²) >= 11 is 6.11. The molecule has 1 N–H and O–H groups in total. The van der Waals surface area contributed by atoms with Gasteiger partial charge in [-0.1, -0.05) is 12.1 Å². The Hall–Kier alpha value is -1.61. The monoisotopic (exact) mass is 302 g/mol. The third-order valence-electron chi connectivity index (χ3n) is 4.22. The van der Waals surface area contributed by atoms with E-state index in [2.05, 4.69) is 10.3 Å². The van der Waals surface area contributed by atoms with Gasteiger partial charge in [0, 0.05) is 29.1 Å². The molecule has 1 heterocycles. The fourth-order valence-electron chi connectivity index (χ4n) is 2.96. The molecule has 0 aliphatic heterocycles. The third kappa shape index (κ3) is 3.35. The molecule has 110 valence electrons. The van der Waals surface area contributed by atoms with Crippen molar-refractivity contribution in [2.75, 3.05) is 6.54 Å². The van der Waals surface area contributed by atoms with Gasteiger partial charge in [-0.05, 0) is 49.8 Å². The van der Waals surface area contributed by atoms with E-state index in [1.807, 2.05) is 30.3 Å². The Morgan fingerprint density at radius 2 is 2.00 bits per heavy atom. The Bertz CT molecular complexity index is 630. The lowest BCUT2D eigenvalue weighted by Crippen LogP contribution is -2.31. The molecule has 1 aromatic carbocycles. The maximum atomic E-state index is 12.4. The molecule has 0 radical (unpaired) electrons. The largest absolute Gasteiger partial charge is 0.352 e. The molecular formula is C17H19ClN2O. The lowest BCUT2D eigenvalue weighted by Gasteiger charge is -2.25. The highest BCUT2D eigenvalue weighted by Gasteiger charge is 2.20. The van der Waals surface area contributed by atoms with Gasteiger partial charge in [0.2, 0.25) is 0 Å². The number of rotatable bonds is 3. The van der Waals surface area contributed by atoms with Crippen molar-refractivity contribution in [1.82, 2.24) is 10.3 Å². The highest BCUT2D eigenvalue weighted by Crippen LogP contribution is 2.27. The number of amides is 1. The summed E-state index contributed by atoms with van der Waals surface area (Å²) in [5.41, 5.74) is 1.56. The van der Waals surface area contributed by atoms with Crippen LogP contribution >= 0.6 is 11.6 Å². The van der Waals surface area contributed by atoms with E-state index in [0.29, 0.717) is 16.9 Å². The number of hydrogen-bond acceptors (Lipinski definition) is 2. The number of halogens is 1. The zero-order chi connectivity index (χ0) is 14.7. The Balaban J connectivity index is 1.67. The van der Waals surface area contributed by atoms with Crippen LogP contribution in [0.25, 0.3) is 10.9 Å². The van der Waals surface area contributed by atoms with Crippen molar-refractivity contribution in [3.63, 3.8) is 0 Å². The van der Waals surface area contributed by atoms with Gasteiger partial charge in [0.15, 0.2) is 0 Å². The van der Waals surface area contributed by atoms with Crippen molar-refractivity contribution < 1.29 is 4.79 Å². The van der Waals surface area contributed by atoms with Crippen LogP contribution < -0.4 is 5.32 Å². The number of benzene rings is 1. The van der Waals surface area contributed by atoms with Crippen molar-refractivity contribution in [2.45, 2.75) is 31.1 Å². The second-order valence-corrected chi connectivity index (χ2v) is 6.32. The molecule has 0 atom stereocenters. The van der Waals surface area contributed by atoms with Gasteiger partial charge in [-0.2, -0.15) is 0 Å². The number of carbonyl (C=O) groups excluding carboxylic acids is 1. The van der Waals surface area contributed by atoms with Gasteiger partial charge < -0.3 is 5.32 Å². The van der Waals surface area contributed by atoms with Crippen LogP contribution in [0.4, 0.5) is 0 Å². The zero-order valence-corrected chi connectivity index (χ0v) is 12.6. The summed E-state index contributed by atoms with van der Waals surface area (Å²) in [5, 5.41) is 4.29. The highest BCUT2D eigenvalue weighted by molar-refractivity contribution is 6.20. The van der Waals surface area contributed by atoms with Crippen molar-refractivity contribution >= 4 is 28.4 Å². The summed E-state index contributed by atoms with van der Waals surface area (Å²) < 4.78 is 0. The fourth-order valence-corrected chi connectivity index (χ4v) is 3.21. The molecule has 1 aromatic heterocycles. The number of alkyl halides is 1. The molecular weight excluding hydrogens is 284 g/mol. The average Bonchev–Trinajstić information content (AvgIpc) is 2.53. The van der Waals surface area contributed by atoms with Crippen LogP contribution in [0.5, 0.6) is 0 Å². The summed E-state index contributed by atoms with van der Waals surface area (Å²) in [6.07, 6.45) is 6.06. The molecule has 3 nitrogen and oxygen atoms in total. The number of nitrogens with one attached hydrogen (secondary N) is 1. The first-order chi connectivity index (χ1) is 10.2. The van der Waals surface area contributed by atoms with E-state index in [1.165, 1.54) is 0 Å². The Morgan fingerprint density at radius 3 is 2.81 bits per heavy atom. The molecule has 0 unspecified atom stereocenters. The van der Waals surface area contributed by atoms with E-state index in [1.54, 1.807) is 6.20 Å². The minimum Gasteiger partial charge on any atom is -0.352 e. The molecule has 1 amide bonds. The summed E-state index contributed by atoms with van der Waals surface area (Å²) in [6, 6.07) is 9.46. The fraction of sp³-hybridized carbons (Fsp3) is 0.412. The molecule has 0 bridgehead atoms. The first kappa shape index (κ1) is 14.3. The van der Waals surface area contributed by atoms with E-state index >= 15 is 0 Å². The predicted molar refractivity (Wildman–Crippen MR) is 85.7 cm³/mol. The number of fused-ring (bicyclic) bond motifs is 1. The van der Waals surface area contributed by atoms with Gasteiger partial charge in [0.1, 0.15) is 0 Å². The van der Waals surface area contributed by atoms with Gasteiger partial charge in [0.05, 0.1) is 5.52 Å². The molecule has 1 aliphatic carbocycles. The summed E-state index contributed by atoms with van der Waals surface area (Å²) in [4.78, 5) is 16.7. The van der Waals surface area contributed by atoms with Gasteiger partial charge in [-0.25, -0.2) is 0 Å². The van der Waals surface area contributed by atoms with Crippen LogP contribution in [0.3, 0.4) is 0 Å². The van der Waals surface area contributed by atoms with Crippen molar-refractivity contribution in [1.29, 1.82) is 0 Å². The summed E-state index contributed by atoms with van der Waals surface area (Å²) in [6.45, 7) is 0.735. The zero-order valence-electron chi connectivity index (χ0n) is 11.9. The number of pyridine rings is 1. The Morgan fingerprint density at radius 1 is 1.19 bits per heavy atom. The molecule has 21 heavy (non-hydrogen) atoms. The smallest absolute Gasteiger partial charge is 0.251 e. The summed E-state index contributed by atoms with van der Waals surface area (Å²) in [5.74, 6) is 0.540. The van der Waals surface area contributed by atoms with E-state index < -0.39 is 0 Å². The van der Waals surface area contributed by atoms with Crippen molar-refractivity contribution in [3.8, 4) is 0 Å². The SMILES string of the molecule is O=C(NCC1CCC(Cl)CC1)c1cccc2ncccc12. The van der Waals surface area contributed by atoms with Crippen LogP contribution in [-0.2, 0) is 0 Å². The van der Waals surface area contributed by atoms with E-state index in [9.17, 15) is 4.79 Å². The number of nitrogens with zero attached hydrogens (tertiary/aromatic N) is 1. The Labute approximate surface area is 129 Å². The minimum absolute atomic E-state index is 0.0124. The lowest BCUT2D eigenvalue weighted by atomic mass is 9.89. The van der Waals surface area contributed by atoms with Gasteiger partial charge in [-0.15, -0.1) is 11.6 Å². The molecule has 0 saturated heterocycles. The predicted octanol–water partition coefficient (Wildman–Crippen LogP) is 3.76. The van der Waals surface area contributed by atoms with Crippen LogP contribution in [0.15, 0.2) is 36.5 Å². The summed E-state index contributed by atoms with van der Waals surface area (Å²) in [7, 11) is 0. The first-order valence-electron chi connectivity index (χ1n) is 7.50. The van der Waals surface area contributed by atoms with Gasteiger partial charge >= 0.3 is 0 Å². The van der Waals surface area contributed by atoms with Crippen LogP contribution in [0.1, 0.15) is 36.0 Å².